The summed E-state index contributed by atoms with van der Waals surface area (Å²) in [7, 11) is 0. The number of ether oxygens (including phenoxy) is 1. The number of hydrogen-bond donors (Lipinski definition) is 1. The molecule has 2 heterocycles. The van der Waals surface area contributed by atoms with Gasteiger partial charge in [-0.3, -0.25) is 0 Å². The average Bonchev–Trinajstić information content (AvgIpc) is 2.90. The normalized spacial score (nSPS) is 31.9. The number of halogens is 1. The van der Waals surface area contributed by atoms with Crippen molar-refractivity contribution >= 4 is 21.6 Å². The number of benzene rings is 1. The highest BCUT2D eigenvalue weighted by Crippen LogP contribution is 2.38. The van der Waals surface area contributed by atoms with Gasteiger partial charge in [0.15, 0.2) is 0 Å². The molecule has 0 saturated carbocycles. The van der Waals surface area contributed by atoms with E-state index in [-0.39, 0.29) is 0 Å². The summed E-state index contributed by atoms with van der Waals surface area (Å²) < 4.78 is 6.97. The van der Waals surface area contributed by atoms with Gasteiger partial charge in [-0.2, -0.15) is 0 Å². The Balaban J connectivity index is 1.55. The van der Waals surface area contributed by atoms with Crippen LogP contribution in [0.5, 0.6) is 0 Å². The fourth-order valence-corrected chi connectivity index (χ4v) is 3.04. The van der Waals surface area contributed by atoms with Crippen molar-refractivity contribution in [3.8, 4) is 0 Å². The molecule has 1 aromatic carbocycles. The molecule has 3 atom stereocenters. The molecule has 16 heavy (non-hydrogen) atoms. The Kier molecular flexibility index (Phi) is 2.90. The zero-order chi connectivity index (χ0) is 11.0. The van der Waals surface area contributed by atoms with Crippen LogP contribution in [0.15, 0.2) is 28.7 Å². The molecule has 0 amide bonds. The second-order valence-corrected chi connectivity index (χ2v) is 5.67. The van der Waals surface area contributed by atoms with Gasteiger partial charge in [0.25, 0.3) is 0 Å². The molecule has 2 saturated heterocycles. The maximum atomic E-state index is 5.84. The van der Waals surface area contributed by atoms with Crippen molar-refractivity contribution in [2.45, 2.75) is 31.5 Å². The molecule has 0 spiro atoms. The first-order valence-electron chi connectivity index (χ1n) is 5.96. The number of rotatable bonds is 3. The highest BCUT2D eigenvalue weighted by molar-refractivity contribution is 9.10. The summed E-state index contributed by atoms with van der Waals surface area (Å²) in [5, 5.41) is 3.50. The van der Waals surface area contributed by atoms with E-state index in [0.29, 0.717) is 18.1 Å². The smallest absolute Gasteiger partial charge is 0.0625 e. The molecular weight excluding hydrogens is 266 g/mol. The highest BCUT2D eigenvalue weighted by atomic mass is 79.9. The van der Waals surface area contributed by atoms with Crippen LogP contribution in [0.25, 0.3) is 0 Å². The second kappa shape index (κ2) is 4.38. The van der Waals surface area contributed by atoms with E-state index in [4.69, 9.17) is 4.74 Å². The van der Waals surface area contributed by atoms with Crippen LogP contribution in [0.4, 0.5) is 5.69 Å². The van der Waals surface area contributed by atoms with Gasteiger partial charge < -0.3 is 10.1 Å². The fourth-order valence-electron chi connectivity index (χ4n) is 2.77. The van der Waals surface area contributed by atoms with Crippen molar-refractivity contribution in [3.63, 3.8) is 0 Å². The third kappa shape index (κ3) is 2.11. The first-order chi connectivity index (χ1) is 7.81. The van der Waals surface area contributed by atoms with Crippen LogP contribution in [0.3, 0.4) is 0 Å². The molecule has 2 bridgehead atoms. The summed E-state index contributed by atoms with van der Waals surface area (Å²) in [6, 6.07) is 8.36. The maximum absolute atomic E-state index is 5.84. The summed E-state index contributed by atoms with van der Waals surface area (Å²) in [6.45, 7) is 1.04. The minimum absolute atomic E-state index is 0.521. The van der Waals surface area contributed by atoms with Crippen LogP contribution < -0.4 is 5.32 Å². The third-order valence-corrected chi connectivity index (χ3v) is 4.17. The molecule has 3 rings (SSSR count). The summed E-state index contributed by atoms with van der Waals surface area (Å²) in [5.41, 5.74) is 1.20. The van der Waals surface area contributed by atoms with E-state index in [1.807, 2.05) is 0 Å². The molecule has 86 valence electrons. The van der Waals surface area contributed by atoms with Crippen LogP contribution in [0, 0.1) is 5.92 Å². The lowest BCUT2D eigenvalue weighted by molar-refractivity contribution is 0.0941. The van der Waals surface area contributed by atoms with Crippen LogP contribution in [-0.2, 0) is 4.74 Å². The predicted octanol–water partition coefficient (Wildman–Crippen LogP) is 3.43. The molecule has 0 aliphatic carbocycles. The van der Waals surface area contributed by atoms with Crippen molar-refractivity contribution < 1.29 is 4.74 Å². The Morgan fingerprint density at radius 1 is 1.25 bits per heavy atom. The molecule has 1 N–H and O–H groups in total. The Bertz CT molecular complexity index is 365. The maximum Gasteiger partial charge on any atom is 0.0625 e. The largest absolute Gasteiger partial charge is 0.385 e. The molecule has 3 heteroatoms. The molecule has 2 aliphatic rings. The lowest BCUT2D eigenvalue weighted by Crippen LogP contribution is -2.24. The topological polar surface area (TPSA) is 21.3 Å². The molecule has 3 unspecified atom stereocenters. The molecule has 0 radical (unpaired) electrons. The van der Waals surface area contributed by atoms with Crippen molar-refractivity contribution in [1.82, 2.24) is 0 Å². The van der Waals surface area contributed by atoms with Crippen molar-refractivity contribution in [2.24, 2.45) is 5.92 Å². The van der Waals surface area contributed by atoms with Gasteiger partial charge in [-0.15, -0.1) is 0 Å². The van der Waals surface area contributed by atoms with E-state index in [1.54, 1.807) is 0 Å². The number of anilines is 1. The van der Waals surface area contributed by atoms with E-state index in [2.05, 4.69) is 45.5 Å². The molecule has 2 nitrogen and oxygen atoms in total. The van der Waals surface area contributed by atoms with Crippen molar-refractivity contribution in [2.75, 3.05) is 11.9 Å². The van der Waals surface area contributed by atoms with Gasteiger partial charge in [-0.1, -0.05) is 15.9 Å². The Morgan fingerprint density at radius 2 is 2.06 bits per heavy atom. The molecule has 1 aromatic rings. The zero-order valence-electron chi connectivity index (χ0n) is 9.16. The minimum Gasteiger partial charge on any atom is -0.385 e. The van der Waals surface area contributed by atoms with E-state index in [1.165, 1.54) is 24.9 Å². The van der Waals surface area contributed by atoms with E-state index in [9.17, 15) is 0 Å². The van der Waals surface area contributed by atoms with Crippen molar-refractivity contribution in [3.05, 3.63) is 28.7 Å². The van der Waals surface area contributed by atoms with Crippen LogP contribution >= 0.6 is 15.9 Å². The third-order valence-electron chi connectivity index (χ3n) is 3.64. The summed E-state index contributed by atoms with van der Waals surface area (Å²) in [4.78, 5) is 0. The lowest BCUT2D eigenvalue weighted by atomic mass is 9.89. The molecular formula is C13H16BrNO. The van der Waals surface area contributed by atoms with Gasteiger partial charge in [0, 0.05) is 22.6 Å². The SMILES string of the molecule is Brc1ccc(NCC2CC3CCC2O3)cc1. The summed E-state index contributed by atoms with van der Waals surface area (Å²) in [5.74, 6) is 0.711. The predicted molar refractivity (Wildman–Crippen MR) is 68.6 cm³/mol. The Labute approximate surface area is 105 Å². The number of fused-ring (bicyclic) bond motifs is 2. The molecule has 2 aliphatic heterocycles. The standard InChI is InChI=1S/C13H16BrNO/c14-10-1-3-11(4-2-10)15-8-9-7-12-5-6-13(9)16-12/h1-4,9,12-13,15H,5-8H2. The van der Waals surface area contributed by atoms with Gasteiger partial charge in [-0.05, 0) is 43.5 Å². The Morgan fingerprint density at radius 3 is 2.69 bits per heavy atom. The summed E-state index contributed by atoms with van der Waals surface area (Å²) in [6.07, 6.45) is 4.86. The first kappa shape index (κ1) is 10.6. The number of hydrogen-bond acceptors (Lipinski definition) is 2. The highest BCUT2D eigenvalue weighted by Gasteiger charge is 2.40. The molecule has 0 aromatic heterocycles. The van der Waals surface area contributed by atoms with Crippen molar-refractivity contribution in [1.29, 1.82) is 0 Å². The van der Waals surface area contributed by atoms with Crippen LogP contribution in [0.2, 0.25) is 0 Å². The van der Waals surface area contributed by atoms with Gasteiger partial charge in [0.1, 0.15) is 0 Å². The van der Waals surface area contributed by atoms with Crippen LogP contribution in [0.1, 0.15) is 19.3 Å². The number of nitrogens with one attached hydrogen (secondary N) is 1. The van der Waals surface area contributed by atoms with E-state index in [0.717, 1.165) is 11.0 Å². The van der Waals surface area contributed by atoms with Gasteiger partial charge >= 0.3 is 0 Å². The zero-order valence-corrected chi connectivity index (χ0v) is 10.7. The van der Waals surface area contributed by atoms with Gasteiger partial charge in [0.05, 0.1) is 12.2 Å². The lowest BCUT2D eigenvalue weighted by Gasteiger charge is -2.19. The van der Waals surface area contributed by atoms with Crippen LogP contribution in [-0.4, -0.2) is 18.8 Å². The monoisotopic (exact) mass is 281 g/mol. The fraction of sp³-hybridized carbons (Fsp3) is 0.538. The summed E-state index contributed by atoms with van der Waals surface area (Å²) >= 11 is 3.44. The Hall–Kier alpha value is -0.540. The van der Waals surface area contributed by atoms with Gasteiger partial charge in [-0.25, -0.2) is 0 Å². The quantitative estimate of drug-likeness (QED) is 0.917. The first-order valence-corrected chi connectivity index (χ1v) is 6.75. The van der Waals surface area contributed by atoms with E-state index < -0.39 is 0 Å². The second-order valence-electron chi connectivity index (χ2n) is 4.76. The average molecular weight is 282 g/mol. The van der Waals surface area contributed by atoms with Gasteiger partial charge in [0.2, 0.25) is 0 Å². The molecule has 2 fully saturated rings. The minimum atomic E-state index is 0.521. The van der Waals surface area contributed by atoms with E-state index >= 15 is 0 Å².